The van der Waals surface area contributed by atoms with Crippen LogP contribution in [0.15, 0.2) is 97.1 Å². The normalized spacial score (nSPS) is 14.4. The summed E-state index contributed by atoms with van der Waals surface area (Å²) in [4.78, 5) is 57.9. The molecule has 0 aromatic heterocycles. The molecule has 0 atom stereocenters. The zero-order valence-corrected chi connectivity index (χ0v) is 25.5. The Kier molecular flexibility index (Phi) is 5.89. The minimum Gasteiger partial charge on any atom is -0.508 e. The van der Waals surface area contributed by atoms with Crippen molar-refractivity contribution in [2.45, 2.75) is 12.8 Å². The molecule has 0 radical (unpaired) electrons. The molecular weight excluding hydrogens is 604 g/mol. The molecule has 7 aromatic rings. The SMILES string of the molecule is O=C1c2ccc3c4ccc5c6c(ccc(c7ccc(c2c37)C(=O)N1CCc1ccc(O)cc1)c64)C(=O)N(CCc1ccc(O)cc1)C5=O. The van der Waals surface area contributed by atoms with Gasteiger partial charge in [-0.05, 0) is 105 Å². The van der Waals surface area contributed by atoms with Gasteiger partial charge in [0.05, 0.1) is 0 Å². The Balaban J connectivity index is 1.15. The van der Waals surface area contributed by atoms with Crippen LogP contribution in [-0.2, 0) is 12.8 Å². The first-order chi connectivity index (χ1) is 23.3. The number of benzene rings is 7. The van der Waals surface area contributed by atoms with Crippen LogP contribution in [0.3, 0.4) is 0 Å². The zero-order chi connectivity index (χ0) is 32.8. The van der Waals surface area contributed by atoms with Crippen molar-refractivity contribution < 1.29 is 29.4 Å². The lowest BCUT2D eigenvalue weighted by Crippen LogP contribution is -2.41. The van der Waals surface area contributed by atoms with E-state index in [0.29, 0.717) is 45.9 Å². The first-order valence-electron chi connectivity index (χ1n) is 15.8. The fourth-order valence-electron chi connectivity index (χ4n) is 7.58. The van der Waals surface area contributed by atoms with Crippen molar-refractivity contribution in [2.24, 2.45) is 0 Å². The van der Waals surface area contributed by atoms with Crippen LogP contribution in [0.4, 0.5) is 0 Å². The van der Waals surface area contributed by atoms with Crippen LogP contribution in [0.25, 0.3) is 43.1 Å². The van der Waals surface area contributed by atoms with Gasteiger partial charge in [-0.25, -0.2) is 0 Å². The number of hydrogen-bond donors (Lipinski definition) is 2. The maximum atomic E-state index is 13.8. The smallest absolute Gasteiger partial charge is 0.261 e. The third-order valence-electron chi connectivity index (χ3n) is 9.92. The van der Waals surface area contributed by atoms with E-state index in [1.165, 1.54) is 9.80 Å². The van der Waals surface area contributed by atoms with E-state index >= 15 is 0 Å². The van der Waals surface area contributed by atoms with E-state index in [-0.39, 0.29) is 48.2 Å². The fourth-order valence-corrected chi connectivity index (χ4v) is 7.58. The second-order valence-electron chi connectivity index (χ2n) is 12.5. The van der Waals surface area contributed by atoms with Crippen molar-refractivity contribution in [1.29, 1.82) is 0 Å². The van der Waals surface area contributed by atoms with Crippen LogP contribution < -0.4 is 0 Å². The second-order valence-corrected chi connectivity index (χ2v) is 12.5. The molecule has 4 amide bonds. The molecule has 0 bridgehead atoms. The lowest BCUT2D eigenvalue weighted by Gasteiger charge is -2.30. The monoisotopic (exact) mass is 630 g/mol. The van der Waals surface area contributed by atoms with E-state index in [1.807, 2.05) is 24.3 Å². The molecule has 8 nitrogen and oxygen atoms in total. The topological polar surface area (TPSA) is 115 Å². The molecule has 232 valence electrons. The number of hydrogen-bond acceptors (Lipinski definition) is 6. The van der Waals surface area contributed by atoms with Gasteiger partial charge in [-0.1, -0.05) is 48.5 Å². The Hall–Kier alpha value is -6.28. The molecule has 0 saturated heterocycles. The molecule has 2 aliphatic rings. The molecule has 7 aromatic carbocycles. The van der Waals surface area contributed by atoms with Gasteiger partial charge in [-0.2, -0.15) is 0 Å². The van der Waals surface area contributed by atoms with Gasteiger partial charge in [-0.15, -0.1) is 0 Å². The third kappa shape index (κ3) is 3.89. The highest BCUT2D eigenvalue weighted by atomic mass is 16.3. The summed E-state index contributed by atoms with van der Waals surface area (Å²) in [5, 5.41) is 25.5. The predicted octanol–water partition coefficient (Wildman–Crippen LogP) is 6.83. The third-order valence-corrected chi connectivity index (χ3v) is 9.92. The molecule has 0 unspecified atom stereocenters. The van der Waals surface area contributed by atoms with Gasteiger partial charge >= 0.3 is 0 Å². The van der Waals surface area contributed by atoms with Gasteiger partial charge in [0.25, 0.3) is 23.6 Å². The van der Waals surface area contributed by atoms with E-state index in [9.17, 15) is 29.4 Å². The van der Waals surface area contributed by atoms with E-state index < -0.39 is 0 Å². The van der Waals surface area contributed by atoms with Crippen molar-refractivity contribution in [3.8, 4) is 11.5 Å². The Labute approximate surface area is 273 Å². The molecule has 48 heavy (non-hydrogen) atoms. The van der Waals surface area contributed by atoms with Crippen LogP contribution in [-0.4, -0.2) is 56.7 Å². The standard InChI is InChI=1S/C40H26N2O6/c43-23-5-1-21(2-6-23)17-19-41-37(45)29-13-9-25-27-11-15-31-36-32(40(48)42(39(31)47)20-18-22-3-7-24(44)8-4-22)16-12-28(34(27)36)26-10-14-30(38(41)46)35(29)33(25)26/h1-16,43-44H,17-20H2. The Morgan fingerprint density at radius 1 is 0.375 bits per heavy atom. The Morgan fingerprint density at radius 3 is 0.958 bits per heavy atom. The Bertz CT molecular complexity index is 2260. The molecule has 2 aliphatic heterocycles. The lowest BCUT2D eigenvalue weighted by molar-refractivity contribution is 0.0597. The summed E-state index contributed by atoms with van der Waals surface area (Å²) in [5.41, 5.74) is 3.63. The molecule has 0 saturated carbocycles. The van der Waals surface area contributed by atoms with Gasteiger partial charge in [0.15, 0.2) is 0 Å². The van der Waals surface area contributed by atoms with Gasteiger partial charge in [0.2, 0.25) is 0 Å². The van der Waals surface area contributed by atoms with Crippen molar-refractivity contribution >= 4 is 66.7 Å². The van der Waals surface area contributed by atoms with Gasteiger partial charge in [0, 0.05) is 46.1 Å². The van der Waals surface area contributed by atoms with Crippen molar-refractivity contribution in [1.82, 2.24) is 9.80 Å². The maximum Gasteiger partial charge on any atom is 0.261 e. The number of imide groups is 2. The van der Waals surface area contributed by atoms with Crippen LogP contribution in [0.5, 0.6) is 11.5 Å². The average Bonchev–Trinajstić information content (AvgIpc) is 3.10. The number of phenolic OH excluding ortho intramolecular Hbond substituents is 2. The number of fused-ring (bicyclic) bond motifs is 2. The van der Waals surface area contributed by atoms with E-state index in [2.05, 4.69) is 0 Å². The van der Waals surface area contributed by atoms with Gasteiger partial charge < -0.3 is 10.2 Å². The van der Waals surface area contributed by atoms with E-state index in [0.717, 1.165) is 43.4 Å². The van der Waals surface area contributed by atoms with Gasteiger partial charge in [0.1, 0.15) is 11.5 Å². The highest BCUT2D eigenvalue weighted by molar-refractivity contribution is 6.41. The molecule has 2 N–H and O–H groups in total. The number of rotatable bonds is 6. The van der Waals surface area contributed by atoms with Crippen molar-refractivity contribution in [2.75, 3.05) is 13.1 Å². The molecule has 0 spiro atoms. The minimum atomic E-state index is -0.352. The molecule has 8 heteroatoms. The first-order valence-corrected chi connectivity index (χ1v) is 15.8. The highest BCUT2D eigenvalue weighted by Crippen LogP contribution is 2.46. The number of nitrogens with zero attached hydrogens (tertiary/aromatic N) is 2. The lowest BCUT2D eigenvalue weighted by atomic mass is 9.82. The molecule has 2 heterocycles. The fraction of sp³-hybridized carbons (Fsp3) is 0.100. The van der Waals surface area contributed by atoms with Crippen LogP contribution >= 0.6 is 0 Å². The summed E-state index contributed by atoms with van der Waals surface area (Å²) in [7, 11) is 0. The van der Waals surface area contributed by atoms with Crippen LogP contribution in [0.1, 0.15) is 52.6 Å². The minimum absolute atomic E-state index is 0.154. The highest BCUT2D eigenvalue weighted by Gasteiger charge is 2.36. The summed E-state index contributed by atoms with van der Waals surface area (Å²) in [6.07, 6.45) is 0.913. The second kappa shape index (κ2) is 10.1. The van der Waals surface area contributed by atoms with Crippen LogP contribution in [0, 0.1) is 0 Å². The largest absolute Gasteiger partial charge is 0.508 e. The van der Waals surface area contributed by atoms with E-state index in [4.69, 9.17) is 0 Å². The summed E-state index contributed by atoms with van der Waals surface area (Å²) in [6, 6.07) is 28.1. The predicted molar refractivity (Wildman–Crippen MR) is 182 cm³/mol. The zero-order valence-electron chi connectivity index (χ0n) is 25.5. The van der Waals surface area contributed by atoms with Crippen molar-refractivity contribution in [3.63, 3.8) is 0 Å². The quantitative estimate of drug-likeness (QED) is 0.118. The molecule has 0 fully saturated rings. The summed E-state index contributed by atoms with van der Waals surface area (Å²) < 4.78 is 0. The number of amides is 4. The number of carbonyl (C=O) groups is 4. The van der Waals surface area contributed by atoms with Crippen molar-refractivity contribution in [3.05, 3.63) is 130 Å². The first kappa shape index (κ1) is 28.0. The van der Waals surface area contributed by atoms with Crippen LogP contribution in [0.2, 0.25) is 0 Å². The molecule has 0 aliphatic carbocycles. The summed E-state index contributed by atoms with van der Waals surface area (Å²) in [6.45, 7) is 0.406. The summed E-state index contributed by atoms with van der Waals surface area (Å²) >= 11 is 0. The molecule has 9 rings (SSSR count). The molecular formula is C40H26N2O6. The van der Waals surface area contributed by atoms with E-state index in [1.54, 1.807) is 72.8 Å². The average molecular weight is 631 g/mol. The number of phenols is 2. The maximum absolute atomic E-state index is 13.8. The van der Waals surface area contributed by atoms with Gasteiger partial charge in [-0.3, -0.25) is 29.0 Å². The number of aromatic hydroxyl groups is 2. The summed E-state index contributed by atoms with van der Waals surface area (Å²) in [5.74, 6) is -1.10. The Morgan fingerprint density at radius 2 is 0.667 bits per heavy atom. The number of carbonyl (C=O) groups excluding carboxylic acids is 4.